The average Bonchev–Trinajstić information content (AvgIpc) is 2.30. The zero-order chi connectivity index (χ0) is 11.4. The van der Waals surface area contributed by atoms with E-state index in [9.17, 15) is 9.90 Å². The number of carbonyl (C=O) groups is 1. The molecule has 86 valence electrons. The molecular formula is C12H16N2O2. The minimum atomic E-state index is -0.121. The van der Waals surface area contributed by atoms with E-state index in [1.54, 1.807) is 18.2 Å². The highest BCUT2D eigenvalue weighted by atomic mass is 16.3. The Labute approximate surface area is 94.7 Å². The number of phenolic OH excluding ortho intramolecular Hbond substituents is 1. The molecule has 0 bridgehead atoms. The van der Waals surface area contributed by atoms with Gasteiger partial charge in [-0.05, 0) is 37.6 Å². The molecule has 1 saturated heterocycles. The van der Waals surface area contributed by atoms with Gasteiger partial charge in [0, 0.05) is 18.2 Å². The molecule has 0 aliphatic carbocycles. The van der Waals surface area contributed by atoms with Crippen molar-refractivity contribution in [3.63, 3.8) is 0 Å². The van der Waals surface area contributed by atoms with Crippen LogP contribution in [0.5, 0.6) is 5.75 Å². The largest absolute Gasteiger partial charge is 0.508 e. The first-order valence-corrected chi connectivity index (χ1v) is 5.56. The van der Waals surface area contributed by atoms with Gasteiger partial charge in [0.05, 0.1) is 0 Å². The maximum atomic E-state index is 11.8. The lowest BCUT2D eigenvalue weighted by molar-refractivity contribution is 0.0930. The van der Waals surface area contributed by atoms with Crippen LogP contribution in [0.3, 0.4) is 0 Å². The van der Waals surface area contributed by atoms with Crippen molar-refractivity contribution in [2.24, 2.45) is 0 Å². The van der Waals surface area contributed by atoms with Crippen LogP contribution in [0.2, 0.25) is 0 Å². The van der Waals surface area contributed by atoms with Crippen molar-refractivity contribution in [1.82, 2.24) is 10.6 Å². The Morgan fingerprint density at radius 1 is 1.50 bits per heavy atom. The molecule has 16 heavy (non-hydrogen) atoms. The highest BCUT2D eigenvalue weighted by Crippen LogP contribution is 2.11. The van der Waals surface area contributed by atoms with Gasteiger partial charge in [-0.2, -0.15) is 0 Å². The summed E-state index contributed by atoms with van der Waals surface area (Å²) in [5, 5.41) is 15.5. The lowest BCUT2D eigenvalue weighted by Gasteiger charge is -2.23. The summed E-state index contributed by atoms with van der Waals surface area (Å²) in [5.41, 5.74) is 0.505. The summed E-state index contributed by atoms with van der Waals surface area (Å²) in [4.78, 5) is 11.8. The van der Waals surface area contributed by atoms with Gasteiger partial charge in [0.15, 0.2) is 0 Å². The van der Waals surface area contributed by atoms with Crippen LogP contribution in [0.15, 0.2) is 24.3 Å². The van der Waals surface area contributed by atoms with Crippen LogP contribution in [0.4, 0.5) is 0 Å². The molecule has 0 spiro atoms. The zero-order valence-corrected chi connectivity index (χ0v) is 9.07. The lowest BCUT2D eigenvalue weighted by Crippen LogP contribution is -2.45. The second-order valence-electron chi connectivity index (χ2n) is 4.07. The number of amides is 1. The summed E-state index contributed by atoms with van der Waals surface area (Å²) in [6.07, 6.45) is 2.10. The third-order valence-corrected chi connectivity index (χ3v) is 2.74. The number of benzene rings is 1. The molecule has 4 heteroatoms. The van der Waals surface area contributed by atoms with Gasteiger partial charge in [-0.25, -0.2) is 0 Å². The number of aromatic hydroxyl groups is 1. The second-order valence-corrected chi connectivity index (χ2v) is 4.07. The predicted octanol–water partition coefficient (Wildman–Crippen LogP) is 0.874. The van der Waals surface area contributed by atoms with E-state index in [2.05, 4.69) is 10.6 Å². The van der Waals surface area contributed by atoms with E-state index >= 15 is 0 Å². The van der Waals surface area contributed by atoms with E-state index in [0.29, 0.717) is 5.56 Å². The van der Waals surface area contributed by atoms with Crippen molar-refractivity contribution in [3.8, 4) is 5.75 Å². The number of piperidine rings is 1. The molecule has 1 heterocycles. The molecule has 1 aromatic rings. The van der Waals surface area contributed by atoms with Crippen molar-refractivity contribution < 1.29 is 9.90 Å². The summed E-state index contributed by atoms with van der Waals surface area (Å²) in [6.45, 7) is 1.85. The fourth-order valence-corrected chi connectivity index (χ4v) is 1.89. The molecule has 1 atom stereocenters. The van der Waals surface area contributed by atoms with Gasteiger partial charge in [-0.1, -0.05) is 6.07 Å². The number of hydrogen-bond donors (Lipinski definition) is 3. The zero-order valence-electron chi connectivity index (χ0n) is 9.07. The minimum Gasteiger partial charge on any atom is -0.508 e. The van der Waals surface area contributed by atoms with Gasteiger partial charge in [0.2, 0.25) is 0 Å². The Morgan fingerprint density at radius 2 is 2.38 bits per heavy atom. The van der Waals surface area contributed by atoms with Gasteiger partial charge < -0.3 is 15.7 Å². The van der Waals surface area contributed by atoms with E-state index in [-0.39, 0.29) is 17.7 Å². The molecule has 4 nitrogen and oxygen atoms in total. The highest BCUT2D eigenvalue weighted by molar-refractivity contribution is 5.94. The molecule has 1 aliphatic rings. The SMILES string of the molecule is O=C(NC1CCCNC1)c1cccc(O)c1. The molecule has 0 radical (unpaired) electrons. The Bertz CT molecular complexity index is 373. The van der Waals surface area contributed by atoms with Gasteiger partial charge in [0.1, 0.15) is 5.75 Å². The van der Waals surface area contributed by atoms with Gasteiger partial charge in [0.25, 0.3) is 5.91 Å². The summed E-state index contributed by atoms with van der Waals surface area (Å²) < 4.78 is 0. The smallest absolute Gasteiger partial charge is 0.251 e. The van der Waals surface area contributed by atoms with Crippen LogP contribution >= 0.6 is 0 Å². The van der Waals surface area contributed by atoms with Gasteiger partial charge >= 0.3 is 0 Å². The van der Waals surface area contributed by atoms with E-state index < -0.39 is 0 Å². The van der Waals surface area contributed by atoms with E-state index in [4.69, 9.17) is 0 Å². The maximum absolute atomic E-state index is 11.8. The Kier molecular flexibility index (Phi) is 3.41. The van der Waals surface area contributed by atoms with E-state index in [1.807, 2.05) is 0 Å². The van der Waals surface area contributed by atoms with Crippen molar-refractivity contribution in [1.29, 1.82) is 0 Å². The topological polar surface area (TPSA) is 61.4 Å². The molecule has 0 aromatic heterocycles. The molecular weight excluding hydrogens is 204 g/mol. The summed E-state index contributed by atoms with van der Waals surface area (Å²) in [5.74, 6) is -0.000908. The van der Waals surface area contributed by atoms with Crippen molar-refractivity contribution in [3.05, 3.63) is 29.8 Å². The molecule has 0 saturated carbocycles. The first-order valence-electron chi connectivity index (χ1n) is 5.56. The maximum Gasteiger partial charge on any atom is 0.251 e. The van der Waals surface area contributed by atoms with Crippen LogP contribution in [0, 0.1) is 0 Å². The fraction of sp³-hybridized carbons (Fsp3) is 0.417. The second kappa shape index (κ2) is 4.99. The van der Waals surface area contributed by atoms with Crippen LogP contribution < -0.4 is 10.6 Å². The van der Waals surface area contributed by atoms with Crippen LogP contribution in [-0.4, -0.2) is 30.1 Å². The molecule has 1 fully saturated rings. The first kappa shape index (κ1) is 11.0. The lowest BCUT2D eigenvalue weighted by atomic mass is 10.1. The van der Waals surface area contributed by atoms with Crippen molar-refractivity contribution >= 4 is 5.91 Å². The van der Waals surface area contributed by atoms with E-state index in [1.165, 1.54) is 6.07 Å². The van der Waals surface area contributed by atoms with Crippen LogP contribution in [0.25, 0.3) is 0 Å². The highest BCUT2D eigenvalue weighted by Gasteiger charge is 2.16. The monoisotopic (exact) mass is 220 g/mol. The third-order valence-electron chi connectivity index (χ3n) is 2.74. The molecule has 2 rings (SSSR count). The Morgan fingerprint density at radius 3 is 3.06 bits per heavy atom. The molecule has 3 N–H and O–H groups in total. The number of nitrogens with one attached hydrogen (secondary N) is 2. The number of phenols is 1. The van der Waals surface area contributed by atoms with Crippen molar-refractivity contribution in [2.75, 3.05) is 13.1 Å². The summed E-state index contributed by atoms with van der Waals surface area (Å²) >= 11 is 0. The standard InChI is InChI=1S/C12H16N2O2/c15-11-5-1-3-9(7-11)12(16)14-10-4-2-6-13-8-10/h1,3,5,7,10,13,15H,2,4,6,8H2,(H,14,16). The Balaban J connectivity index is 1.97. The third kappa shape index (κ3) is 2.73. The average molecular weight is 220 g/mol. The molecule has 1 unspecified atom stereocenters. The Hall–Kier alpha value is -1.55. The first-order chi connectivity index (χ1) is 7.75. The van der Waals surface area contributed by atoms with Crippen LogP contribution in [-0.2, 0) is 0 Å². The molecule has 1 aromatic carbocycles. The normalized spacial score (nSPS) is 20.4. The van der Waals surface area contributed by atoms with Gasteiger partial charge in [-0.15, -0.1) is 0 Å². The number of hydrogen-bond acceptors (Lipinski definition) is 3. The number of rotatable bonds is 2. The minimum absolute atomic E-state index is 0.120. The van der Waals surface area contributed by atoms with Crippen molar-refractivity contribution in [2.45, 2.75) is 18.9 Å². The summed E-state index contributed by atoms with van der Waals surface area (Å²) in [7, 11) is 0. The quantitative estimate of drug-likeness (QED) is 0.693. The van der Waals surface area contributed by atoms with Crippen LogP contribution in [0.1, 0.15) is 23.2 Å². The van der Waals surface area contributed by atoms with Gasteiger partial charge in [-0.3, -0.25) is 4.79 Å². The van der Waals surface area contributed by atoms with E-state index in [0.717, 1.165) is 25.9 Å². The number of carbonyl (C=O) groups excluding carboxylic acids is 1. The molecule has 1 amide bonds. The fourth-order valence-electron chi connectivity index (χ4n) is 1.89. The predicted molar refractivity (Wildman–Crippen MR) is 61.5 cm³/mol. The summed E-state index contributed by atoms with van der Waals surface area (Å²) in [6, 6.07) is 6.60. The molecule has 1 aliphatic heterocycles.